The van der Waals surface area contributed by atoms with Gasteiger partial charge in [-0.1, -0.05) is 126 Å². The molecule has 0 aliphatic carbocycles. The van der Waals surface area contributed by atoms with E-state index >= 15 is 0 Å². The molecule has 4 heterocycles. The van der Waals surface area contributed by atoms with Crippen LogP contribution in [0.15, 0.2) is 138 Å². The van der Waals surface area contributed by atoms with Crippen molar-refractivity contribution in [1.82, 2.24) is 19.5 Å². The van der Waals surface area contributed by atoms with Crippen molar-refractivity contribution in [3.05, 3.63) is 151 Å². The third-order valence-electron chi connectivity index (χ3n) is 10.3. The Bertz CT molecular complexity index is 2880. The van der Waals surface area contributed by atoms with Gasteiger partial charge in [-0.3, -0.25) is 0 Å². The number of nitrogens with zero attached hydrogens (tertiary/aromatic N) is 4. The van der Waals surface area contributed by atoms with Crippen LogP contribution in [0, 0.1) is 6.07 Å². The molecule has 0 amide bonds. The monoisotopic (exact) mass is 912 g/mol. The predicted octanol–water partition coefficient (Wildman–Crippen LogP) is 12.5. The molecule has 0 radical (unpaired) electrons. The number of hydrogen-bond acceptors (Lipinski definition) is 5. The van der Waals surface area contributed by atoms with Gasteiger partial charge in [-0.05, 0) is 80.2 Å². The summed E-state index contributed by atoms with van der Waals surface area (Å²) in [6, 6.07) is 47.5. The number of rotatable bonds is 5. The molecule has 56 heavy (non-hydrogen) atoms. The van der Waals surface area contributed by atoms with E-state index in [0.29, 0.717) is 28.2 Å². The number of aromatic nitrogens is 4. The van der Waals surface area contributed by atoms with E-state index in [9.17, 15) is 5.11 Å². The van der Waals surface area contributed by atoms with Gasteiger partial charge in [0.1, 0.15) is 17.1 Å². The molecule has 280 valence electrons. The zero-order chi connectivity index (χ0) is 38.1. The van der Waals surface area contributed by atoms with Gasteiger partial charge in [0.15, 0.2) is 5.58 Å². The summed E-state index contributed by atoms with van der Waals surface area (Å²) in [7, 11) is 0. The first-order chi connectivity index (χ1) is 26.4. The Morgan fingerprint density at radius 1 is 0.625 bits per heavy atom. The number of pyridine rings is 2. The summed E-state index contributed by atoms with van der Waals surface area (Å²) in [5.41, 5.74) is 11.3. The number of benzene rings is 5. The van der Waals surface area contributed by atoms with Crippen molar-refractivity contribution >= 4 is 32.9 Å². The van der Waals surface area contributed by atoms with Crippen molar-refractivity contribution in [2.45, 2.75) is 52.4 Å². The SMILES string of the molecule is CC(C)(C)c1cc(-c2cc3oc(C(C)(C)C)nc3cc2O)nc(-n2c3[c-]c(-c4ccccn4)ccc3c3cc(-c4ccc(-c5ccccc5)cc4)ccc32)c1.[Pt]. The fraction of sp³-hybridized carbons (Fsp3) is 0.163. The zero-order valence-corrected chi connectivity index (χ0v) is 34.4. The molecule has 0 aliphatic heterocycles. The van der Waals surface area contributed by atoms with Crippen LogP contribution in [0.4, 0.5) is 0 Å². The Morgan fingerprint density at radius 3 is 2.02 bits per heavy atom. The van der Waals surface area contributed by atoms with Crippen LogP contribution in [-0.2, 0) is 31.9 Å². The van der Waals surface area contributed by atoms with E-state index < -0.39 is 0 Å². The molecule has 0 fully saturated rings. The Balaban J connectivity index is 0.00000441. The van der Waals surface area contributed by atoms with Gasteiger partial charge in [0.2, 0.25) is 5.89 Å². The molecule has 0 unspecified atom stereocenters. The van der Waals surface area contributed by atoms with Crippen LogP contribution in [0.2, 0.25) is 0 Å². The summed E-state index contributed by atoms with van der Waals surface area (Å²) in [5, 5.41) is 13.6. The van der Waals surface area contributed by atoms with E-state index in [0.717, 1.165) is 55.6 Å². The van der Waals surface area contributed by atoms with Crippen LogP contribution >= 0.6 is 0 Å². The minimum atomic E-state index is -0.279. The van der Waals surface area contributed by atoms with Gasteiger partial charge in [0.25, 0.3) is 0 Å². The number of phenols is 1. The van der Waals surface area contributed by atoms with Crippen LogP contribution in [0.3, 0.4) is 0 Å². The van der Waals surface area contributed by atoms with E-state index in [2.05, 4.69) is 153 Å². The minimum absolute atomic E-state index is 0. The van der Waals surface area contributed by atoms with Crippen molar-refractivity contribution < 1.29 is 30.6 Å². The topological polar surface area (TPSA) is 77.0 Å². The van der Waals surface area contributed by atoms with Gasteiger partial charge in [0, 0.05) is 49.8 Å². The smallest absolute Gasteiger partial charge is 0.200 e. The maximum Gasteiger partial charge on any atom is 0.200 e. The van der Waals surface area contributed by atoms with Crippen molar-refractivity contribution in [2.75, 3.05) is 0 Å². The zero-order valence-electron chi connectivity index (χ0n) is 32.2. The molecule has 0 saturated carbocycles. The van der Waals surface area contributed by atoms with Crippen molar-refractivity contribution in [3.8, 4) is 56.3 Å². The second-order valence-corrected chi connectivity index (χ2v) is 16.3. The predicted molar refractivity (Wildman–Crippen MR) is 224 cm³/mol. The van der Waals surface area contributed by atoms with E-state index in [1.807, 2.05) is 30.3 Å². The Morgan fingerprint density at radius 2 is 1.32 bits per heavy atom. The Labute approximate surface area is 341 Å². The molecule has 9 rings (SSSR count). The molecule has 0 saturated heterocycles. The van der Waals surface area contributed by atoms with E-state index in [-0.39, 0.29) is 37.6 Å². The fourth-order valence-corrected chi connectivity index (χ4v) is 7.21. The van der Waals surface area contributed by atoms with E-state index in [1.54, 1.807) is 12.3 Å². The molecule has 4 aromatic heterocycles. The largest absolute Gasteiger partial charge is 0.507 e. The Kier molecular flexibility index (Phi) is 9.29. The van der Waals surface area contributed by atoms with Crippen molar-refractivity contribution in [2.24, 2.45) is 0 Å². The molecule has 9 aromatic rings. The molecule has 0 bridgehead atoms. The van der Waals surface area contributed by atoms with Crippen LogP contribution in [0.1, 0.15) is 53.0 Å². The standard InChI is InChI=1S/C49H41N4O2.Pt/c1-48(2,3)35-26-40(38-28-45-41(29-44(38)54)52-47(55-45)49(4,5)6)51-46(27-35)53-42-22-20-33(32-17-15-31(16-18-32)30-12-8-7-9-13-30)24-37(42)36-21-19-34(25-43(36)53)39-14-10-11-23-50-39;/h7-24,26-29,54H,1-6H3;/q-1;. The van der Waals surface area contributed by atoms with Crippen LogP contribution < -0.4 is 0 Å². The molecule has 1 N–H and O–H groups in total. The van der Waals surface area contributed by atoms with Gasteiger partial charge in [-0.15, -0.1) is 23.8 Å². The van der Waals surface area contributed by atoms with Gasteiger partial charge < -0.3 is 19.1 Å². The van der Waals surface area contributed by atoms with Crippen LogP contribution in [0.5, 0.6) is 5.75 Å². The van der Waals surface area contributed by atoms with Gasteiger partial charge in [-0.25, -0.2) is 9.97 Å². The van der Waals surface area contributed by atoms with Gasteiger partial charge in [0.05, 0.1) is 5.69 Å². The molecular formula is C49H41N4O2Pt-. The summed E-state index contributed by atoms with van der Waals surface area (Å²) in [6.45, 7) is 12.8. The quantitative estimate of drug-likeness (QED) is 0.174. The average Bonchev–Trinajstić information content (AvgIpc) is 3.76. The van der Waals surface area contributed by atoms with Crippen LogP contribution in [-0.4, -0.2) is 24.6 Å². The molecule has 0 atom stereocenters. The first kappa shape index (κ1) is 37.1. The number of hydrogen-bond donors (Lipinski definition) is 1. The first-order valence-electron chi connectivity index (χ1n) is 18.7. The number of phenolic OH excluding ortho intramolecular Hbond substituents is 1. The Hall–Kier alpha value is -5.84. The van der Waals surface area contributed by atoms with E-state index in [1.165, 1.54) is 11.1 Å². The summed E-state index contributed by atoms with van der Waals surface area (Å²) in [4.78, 5) is 14.6. The number of oxazole rings is 1. The number of aromatic hydroxyl groups is 1. The molecule has 6 nitrogen and oxygen atoms in total. The summed E-state index contributed by atoms with van der Waals surface area (Å²) >= 11 is 0. The molecule has 7 heteroatoms. The minimum Gasteiger partial charge on any atom is -0.507 e. The first-order valence-corrected chi connectivity index (χ1v) is 18.7. The molecular weight excluding hydrogens is 872 g/mol. The summed E-state index contributed by atoms with van der Waals surface area (Å²) < 4.78 is 8.42. The summed E-state index contributed by atoms with van der Waals surface area (Å²) in [5.74, 6) is 1.44. The second-order valence-electron chi connectivity index (χ2n) is 16.3. The van der Waals surface area contributed by atoms with Gasteiger partial charge >= 0.3 is 0 Å². The van der Waals surface area contributed by atoms with Gasteiger partial charge in [-0.2, -0.15) is 0 Å². The average molecular weight is 913 g/mol. The van der Waals surface area contributed by atoms with Crippen LogP contribution in [0.25, 0.3) is 83.5 Å². The molecule has 5 aromatic carbocycles. The van der Waals surface area contributed by atoms with Crippen molar-refractivity contribution in [1.29, 1.82) is 0 Å². The maximum absolute atomic E-state index is 11.5. The van der Waals surface area contributed by atoms with Crippen molar-refractivity contribution in [3.63, 3.8) is 0 Å². The van der Waals surface area contributed by atoms with E-state index in [4.69, 9.17) is 9.40 Å². The normalized spacial score (nSPS) is 12.0. The molecule has 0 aliphatic rings. The third kappa shape index (κ3) is 6.73. The molecule has 0 spiro atoms. The fourth-order valence-electron chi connectivity index (χ4n) is 7.21. The number of fused-ring (bicyclic) bond motifs is 4. The maximum atomic E-state index is 11.5. The third-order valence-corrected chi connectivity index (χ3v) is 10.3. The summed E-state index contributed by atoms with van der Waals surface area (Å²) in [6.07, 6.45) is 1.81. The second kappa shape index (κ2) is 14.0.